The van der Waals surface area contributed by atoms with Gasteiger partial charge in [0.25, 0.3) is 0 Å². The van der Waals surface area contributed by atoms with Crippen LogP contribution in [0.3, 0.4) is 0 Å². The minimum atomic E-state index is 0.197. The molecule has 0 aliphatic heterocycles. The summed E-state index contributed by atoms with van der Waals surface area (Å²) in [5, 5.41) is 13.2. The Labute approximate surface area is 105 Å². The average molecular weight is 237 g/mol. The van der Waals surface area contributed by atoms with Gasteiger partial charge in [0.2, 0.25) is 0 Å². The Morgan fingerprint density at radius 2 is 2.00 bits per heavy atom. The number of aliphatic hydroxyl groups is 1. The Bertz CT molecular complexity index is 254. The number of hydrogen-bond donors (Lipinski definition) is 2. The van der Waals surface area contributed by atoms with Gasteiger partial charge in [-0.25, -0.2) is 0 Å². The molecular formula is C15H27NO. The molecule has 0 bridgehead atoms. The molecule has 0 atom stereocenters. The number of allylic oxidation sites excluding steroid dienone is 1. The third kappa shape index (κ3) is 3.82. The fourth-order valence-corrected chi connectivity index (χ4v) is 3.26. The van der Waals surface area contributed by atoms with Crippen molar-refractivity contribution >= 4 is 0 Å². The predicted octanol–water partition coefficient (Wildman–Crippen LogP) is 3.02. The van der Waals surface area contributed by atoms with Crippen molar-refractivity contribution < 1.29 is 5.11 Å². The molecule has 0 radical (unpaired) electrons. The largest absolute Gasteiger partial charge is 0.396 e. The van der Waals surface area contributed by atoms with Gasteiger partial charge in [0, 0.05) is 18.6 Å². The first kappa shape index (κ1) is 13.1. The predicted molar refractivity (Wildman–Crippen MR) is 72.0 cm³/mol. The molecule has 17 heavy (non-hydrogen) atoms. The highest BCUT2D eigenvalue weighted by Crippen LogP contribution is 2.35. The topological polar surface area (TPSA) is 32.3 Å². The van der Waals surface area contributed by atoms with Crippen molar-refractivity contribution in [2.24, 2.45) is 5.41 Å². The molecule has 2 rings (SSSR count). The second-order valence-electron chi connectivity index (χ2n) is 5.90. The second-order valence-corrected chi connectivity index (χ2v) is 5.90. The van der Waals surface area contributed by atoms with E-state index in [1.165, 1.54) is 57.8 Å². The van der Waals surface area contributed by atoms with Crippen molar-refractivity contribution in [1.29, 1.82) is 0 Å². The van der Waals surface area contributed by atoms with E-state index < -0.39 is 0 Å². The van der Waals surface area contributed by atoms with E-state index in [1.807, 2.05) is 0 Å². The Morgan fingerprint density at radius 3 is 2.65 bits per heavy atom. The lowest BCUT2D eigenvalue weighted by atomic mass is 9.74. The van der Waals surface area contributed by atoms with Gasteiger partial charge in [0.1, 0.15) is 0 Å². The normalized spacial score (nSPS) is 23.7. The quantitative estimate of drug-likeness (QED) is 0.550. The minimum absolute atomic E-state index is 0.197. The van der Waals surface area contributed by atoms with E-state index in [4.69, 9.17) is 0 Å². The molecule has 1 saturated carbocycles. The van der Waals surface area contributed by atoms with Gasteiger partial charge < -0.3 is 10.4 Å². The van der Waals surface area contributed by atoms with Gasteiger partial charge in [-0.15, -0.1) is 0 Å². The first-order valence-electron chi connectivity index (χ1n) is 7.34. The second kappa shape index (κ2) is 6.55. The highest BCUT2D eigenvalue weighted by atomic mass is 16.3. The number of hydrogen-bond acceptors (Lipinski definition) is 2. The van der Waals surface area contributed by atoms with E-state index >= 15 is 0 Å². The van der Waals surface area contributed by atoms with Crippen molar-refractivity contribution in [3.8, 4) is 0 Å². The molecule has 98 valence electrons. The highest BCUT2D eigenvalue weighted by molar-refractivity contribution is 5.07. The van der Waals surface area contributed by atoms with Crippen LogP contribution in [-0.2, 0) is 0 Å². The molecular weight excluding hydrogens is 210 g/mol. The smallest absolute Gasteiger partial charge is 0.0499 e. The van der Waals surface area contributed by atoms with Crippen LogP contribution in [0.25, 0.3) is 0 Å². The van der Waals surface area contributed by atoms with Gasteiger partial charge >= 0.3 is 0 Å². The lowest BCUT2D eigenvalue weighted by molar-refractivity contribution is 0.0816. The van der Waals surface area contributed by atoms with Crippen LogP contribution in [0.5, 0.6) is 0 Å². The molecule has 0 spiro atoms. The molecule has 0 aromatic rings. The van der Waals surface area contributed by atoms with Crippen LogP contribution in [0.15, 0.2) is 11.6 Å². The molecule has 0 amide bonds. The first-order chi connectivity index (χ1) is 8.35. The van der Waals surface area contributed by atoms with Gasteiger partial charge in [0.15, 0.2) is 0 Å². The van der Waals surface area contributed by atoms with E-state index in [-0.39, 0.29) is 5.41 Å². The summed E-state index contributed by atoms with van der Waals surface area (Å²) in [6.45, 7) is 2.47. The van der Waals surface area contributed by atoms with Gasteiger partial charge in [-0.05, 0) is 45.1 Å². The zero-order chi connectivity index (χ0) is 12.0. The molecule has 0 aromatic heterocycles. The zero-order valence-electron chi connectivity index (χ0n) is 11.0. The van der Waals surface area contributed by atoms with Crippen molar-refractivity contribution in [1.82, 2.24) is 5.32 Å². The Kier molecular flexibility index (Phi) is 5.05. The summed E-state index contributed by atoms with van der Waals surface area (Å²) in [5.74, 6) is 0. The first-order valence-corrected chi connectivity index (χ1v) is 7.34. The summed E-state index contributed by atoms with van der Waals surface area (Å²) in [7, 11) is 0. The van der Waals surface area contributed by atoms with E-state index in [9.17, 15) is 5.11 Å². The van der Waals surface area contributed by atoms with Crippen LogP contribution in [0.1, 0.15) is 57.8 Å². The molecule has 0 unspecified atom stereocenters. The van der Waals surface area contributed by atoms with Crippen molar-refractivity contribution in [3.63, 3.8) is 0 Å². The maximum absolute atomic E-state index is 9.60. The van der Waals surface area contributed by atoms with Gasteiger partial charge in [-0.3, -0.25) is 0 Å². The monoisotopic (exact) mass is 237 g/mol. The molecule has 2 nitrogen and oxygen atoms in total. The van der Waals surface area contributed by atoms with Gasteiger partial charge in [-0.1, -0.05) is 30.9 Å². The summed E-state index contributed by atoms with van der Waals surface area (Å²) in [5.41, 5.74) is 1.83. The van der Waals surface area contributed by atoms with Crippen molar-refractivity contribution in [2.45, 2.75) is 57.8 Å². The van der Waals surface area contributed by atoms with Crippen LogP contribution >= 0.6 is 0 Å². The van der Waals surface area contributed by atoms with E-state index in [0.717, 1.165) is 13.1 Å². The molecule has 2 aliphatic carbocycles. The lowest BCUT2D eigenvalue weighted by Gasteiger charge is -2.35. The fourth-order valence-electron chi connectivity index (χ4n) is 3.26. The van der Waals surface area contributed by atoms with Crippen LogP contribution in [-0.4, -0.2) is 24.8 Å². The van der Waals surface area contributed by atoms with Crippen LogP contribution in [0.4, 0.5) is 0 Å². The number of rotatable bonds is 6. The molecule has 0 aromatic carbocycles. The van der Waals surface area contributed by atoms with E-state index in [2.05, 4.69) is 11.4 Å². The van der Waals surface area contributed by atoms with Gasteiger partial charge in [0.05, 0.1) is 0 Å². The molecule has 0 heterocycles. The van der Waals surface area contributed by atoms with Crippen molar-refractivity contribution in [3.05, 3.63) is 11.6 Å². The molecule has 2 N–H and O–H groups in total. The summed E-state index contributed by atoms with van der Waals surface area (Å²) < 4.78 is 0. The Morgan fingerprint density at radius 1 is 1.18 bits per heavy atom. The van der Waals surface area contributed by atoms with Crippen LogP contribution in [0, 0.1) is 5.41 Å². The van der Waals surface area contributed by atoms with Crippen molar-refractivity contribution in [2.75, 3.05) is 19.7 Å². The average Bonchev–Trinajstić information content (AvgIpc) is 2.89. The molecule has 2 aliphatic rings. The lowest BCUT2D eigenvalue weighted by Crippen LogP contribution is -2.39. The Hall–Kier alpha value is -0.340. The fraction of sp³-hybridized carbons (Fsp3) is 0.867. The summed E-state index contributed by atoms with van der Waals surface area (Å²) in [4.78, 5) is 0. The third-order valence-electron chi connectivity index (χ3n) is 4.51. The third-order valence-corrected chi connectivity index (χ3v) is 4.51. The maximum atomic E-state index is 9.60. The van der Waals surface area contributed by atoms with E-state index in [0.29, 0.717) is 6.61 Å². The van der Waals surface area contributed by atoms with Crippen LogP contribution in [0.2, 0.25) is 0 Å². The van der Waals surface area contributed by atoms with Gasteiger partial charge in [-0.2, -0.15) is 0 Å². The maximum Gasteiger partial charge on any atom is 0.0499 e. The molecule has 2 heteroatoms. The SMILES string of the molecule is OCC1(CNCCC2=CCCC2)CCCCC1. The summed E-state index contributed by atoms with van der Waals surface area (Å²) >= 11 is 0. The summed E-state index contributed by atoms with van der Waals surface area (Å²) in [6.07, 6.45) is 13.9. The number of nitrogens with one attached hydrogen (secondary N) is 1. The summed E-state index contributed by atoms with van der Waals surface area (Å²) in [6, 6.07) is 0. The van der Waals surface area contributed by atoms with Crippen LogP contribution < -0.4 is 5.32 Å². The molecule has 0 saturated heterocycles. The highest BCUT2D eigenvalue weighted by Gasteiger charge is 2.30. The Balaban J connectivity index is 1.65. The standard InChI is InChI=1S/C15H27NO/c17-13-15(9-4-1-5-10-15)12-16-11-8-14-6-2-3-7-14/h6,16-17H,1-5,7-13H2. The zero-order valence-corrected chi connectivity index (χ0v) is 11.0. The minimum Gasteiger partial charge on any atom is -0.396 e. The number of aliphatic hydroxyl groups excluding tert-OH is 1. The molecule has 1 fully saturated rings. The van der Waals surface area contributed by atoms with E-state index in [1.54, 1.807) is 5.57 Å².